The lowest BCUT2D eigenvalue weighted by atomic mass is 9.87. The quantitative estimate of drug-likeness (QED) is 0.649. The molecule has 0 aliphatic carbocycles. The third-order valence-corrected chi connectivity index (χ3v) is 7.11. The van der Waals surface area contributed by atoms with E-state index >= 15 is 0 Å². The molecule has 1 aliphatic rings. The Kier molecular flexibility index (Phi) is 5.69. The van der Waals surface area contributed by atoms with E-state index in [4.69, 9.17) is 11.6 Å². The maximum Gasteiger partial charge on any atom is 0.230 e. The first-order chi connectivity index (χ1) is 10.6. The number of thioether (sulfide) groups is 1. The summed E-state index contributed by atoms with van der Waals surface area (Å²) in [5.41, 5.74) is 1.34. The first-order valence-corrected chi connectivity index (χ1v) is 10.7. The highest BCUT2D eigenvalue weighted by Gasteiger charge is 2.37. The second-order valence-corrected chi connectivity index (χ2v) is 10.6. The lowest BCUT2D eigenvalue weighted by molar-refractivity contribution is -0.119. The number of carbonyl (C=O) groups is 1. The molecule has 2 atom stereocenters. The molecule has 1 heterocycles. The molecule has 1 aliphatic heterocycles. The van der Waals surface area contributed by atoms with Crippen molar-refractivity contribution in [2.45, 2.75) is 42.5 Å². The number of hydrogen-bond donors (Lipinski definition) is 1. The van der Waals surface area contributed by atoms with Crippen molar-refractivity contribution in [2.24, 2.45) is 0 Å². The molecule has 1 amide bonds. The molecule has 4 nitrogen and oxygen atoms in total. The highest BCUT2D eigenvalue weighted by molar-refractivity contribution is 8.00. The van der Waals surface area contributed by atoms with Gasteiger partial charge < -0.3 is 5.32 Å². The van der Waals surface area contributed by atoms with E-state index in [1.54, 1.807) is 0 Å². The Morgan fingerprint density at radius 2 is 1.87 bits per heavy atom. The molecular formula is C16H22ClNO3S2. The summed E-state index contributed by atoms with van der Waals surface area (Å²) >= 11 is 7.41. The van der Waals surface area contributed by atoms with Crippen molar-refractivity contribution in [3.05, 3.63) is 29.8 Å². The van der Waals surface area contributed by atoms with Crippen LogP contribution in [0, 0.1) is 0 Å². The molecule has 1 aromatic rings. The predicted octanol–water partition coefficient (Wildman–Crippen LogP) is 2.60. The van der Waals surface area contributed by atoms with Crippen molar-refractivity contribution in [3.63, 3.8) is 0 Å². The molecule has 0 aromatic heterocycles. The summed E-state index contributed by atoms with van der Waals surface area (Å²) in [7, 11) is -3.13. The fourth-order valence-corrected chi connectivity index (χ4v) is 5.64. The van der Waals surface area contributed by atoms with E-state index in [1.165, 1.54) is 17.3 Å². The maximum atomic E-state index is 12.0. The van der Waals surface area contributed by atoms with Crippen molar-refractivity contribution in [3.8, 4) is 0 Å². The van der Waals surface area contributed by atoms with E-state index < -0.39 is 21.3 Å². The topological polar surface area (TPSA) is 63.2 Å². The standard InChI is InChI=1S/C16H22ClNO3S2/c1-16(2,3)11-4-6-12(7-5-11)22-8-15(19)18-14-10-23(20,21)9-13(14)17/h4-7,13-14H,8-10H2,1-3H3,(H,18,19)/t13-,14+/m0/s1. The van der Waals surface area contributed by atoms with Gasteiger partial charge in [-0.15, -0.1) is 23.4 Å². The van der Waals surface area contributed by atoms with Gasteiger partial charge in [0.1, 0.15) is 0 Å². The molecule has 1 saturated heterocycles. The Balaban J connectivity index is 1.85. The minimum Gasteiger partial charge on any atom is -0.350 e. The third-order valence-electron chi connectivity index (χ3n) is 3.72. The van der Waals surface area contributed by atoms with Crippen molar-refractivity contribution < 1.29 is 13.2 Å². The number of carbonyl (C=O) groups excluding carboxylic acids is 1. The van der Waals surface area contributed by atoms with Crippen molar-refractivity contribution in [1.82, 2.24) is 5.32 Å². The van der Waals surface area contributed by atoms with Gasteiger partial charge in [0.2, 0.25) is 5.91 Å². The summed E-state index contributed by atoms with van der Waals surface area (Å²) in [6.45, 7) is 6.46. The zero-order valence-electron chi connectivity index (χ0n) is 13.5. The smallest absolute Gasteiger partial charge is 0.230 e. The Morgan fingerprint density at radius 3 is 2.35 bits per heavy atom. The van der Waals surface area contributed by atoms with Crippen LogP contribution in [-0.4, -0.2) is 43.0 Å². The SMILES string of the molecule is CC(C)(C)c1ccc(SCC(=O)N[C@@H]2CS(=O)(=O)C[C@@H]2Cl)cc1. The molecule has 0 saturated carbocycles. The summed E-state index contributed by atoms with van der Waals surface area (Å²) in [6.07, 6.45) is 0. The molecule has 1 fully saturated rings. The largest absolute Gasteiger partial charge is 0.350 e. The van der Waals surface area contributed by atoms with Crippen LogP contribution in [0.15, 0.2) is 29.2 Å². The molecule has 128 valence electrons. The number of sulfone groups is 1. The van der Waals surface area contributed by atoms with Gasteiger partial charge in [-0.05, 0) is 23.1 Å². The molecule has 1 N–H and O–H groups in total. The van der Waals surface area contributed by atoms with E-state index in [9.17, 15) is 13.2 Å². The maximum absolute atomic E-state index is 12.0. The van der Waals surface area contributed by atoms with E-state index in [0.717, 1.165) is 4.90 Å². The van der Waals surface area contributed by atoms with Crippen molar-refractivity contribution >= 4 is 39.1 Å². The molecule has 0 unspecified atom stereocenters. The van der Waals surface area contributed by atoms with Gasteiger partial charge in [0.05, 0.1) is 28.7 Å². The number of benzene rings is 1. The summed E-state index contributed by atoms with van der Waals surface area (Å²) in [4.78, 5) is 13.0. The van der Waals surface area contributed by atoms with E-state index in [2.05, 4.69) is 38.2 Å². The van der Waals surface area contributed by atoms with Crippen LogP contribution in [0.25, 0.3) is 0 Å². The predicted molar refractivity (Wildman–Crippen MR) is 96.1 cm³/mol. The molecule has 2 rings (SSSR count). The first kappa shape index (κ1) is 18.6. The second-order valence-electron chi connectivity index (χ2n) is 6.83. The fourth-order valence-electron chi connectivity index (χ4n) is 2.39. The summed E-state index contributed by atoms with van der Waals surface area (Å²) in [5.74, 6) is -0.0870. The van der Waals surface area contributed by atoms with Crippen LogP contribution in [-0.2, 0) is 20.0 Å². The highest BCUT2D eigenvalue weighted by Crippen LogP contribution is 2.25. The summed E-state index contributed by atoms with van der Waals surface area (Å²) < 4.78 is 23.0. The van der Waals surface area contributed by atoms with E-state index in [1.807, 2.05) is 12.1 Å². The normalized spacial score (nSPS) is 23.7. The first-order valence-electron chi connectivity index (χ1n) is 7.44. The van der Waals surface area contributed by atoms with Crippen LogP contribution in [0.5, 0.6) is 0 Å². The minimum atomic E-state index is -3.13. The molecule has 0 spiro atoms. The van der Waals surface area contributed by atoms with Crippen molar-refractivity contribution in [2.75, 3.05) is 17.3 Å². The van der Waals surface area contributed by atoms with Crippen LogP contribution >= 0.6 is 23.4 Å². The lowest BCUT2D eigenvalue weighted by Gasteiger charge is -2.19. The number of amides is 1. The van der Waals surface area contributed by atoms with Crippen LogP contribution in [0.3, 0.4) is 0 Å². The Hall–Kier alpha value is -0.720. The number of halogens is 1. The average Bonchev–Trinajstić information content (AvgIpc) is 2.68. The summed E-state index contributed by atoms with van der Waals surface area (Å²) in [6, 6.07) is 7.65. The highest BCUT2D eigenvalue weighted by atomic mass is 35.5. The van der Waals surface area contributed by atoms with Crippen LogP contribution in [0.2, 0.25) is 0 Å². The van der Waals surface area contributed by atoms with Gasteiger partial charge in [-0.2, -0.15) is 0 Å². The Bertz CT molecular complexity index is 666. The Labute approximate surface area is 147 Å². The van der Waals surface area contributed by atoms with Gasteiger partial charge in [0.15, 0.2) is 9.84 Å². The molecule has 1 aromatic carbocycles. The molecular weight excluding hydrogens is 354 g/mol. The second kappa shape index (κ2) is 7.03. The van der Waals surface area contributed by atoms with Gasteiger partial charge >= 0.3 is 0 Å². The van der Waals surface area contributed by atoms with E-state index in [0.29, 0.717) is 0 Å². The van der Waals surface area contributed by atoms with Gasteiger partial charge in [-0.1, -0.05) is 32.9 Å². The summed E-state index contributed by atoms with van der Waals surface area (Å²) in [5, 5.41) is 2.18. The zero-order valence-corrected chi connectivity index (χ0v) is 15.9. The van der Waals surface area contributed by atoms with Gasteiger partial charge in [-0.3, -0.25) is 4.79 Å². The number of rotatable bonds is 4. The number of hydrogen-bond acceptors (Lipinski definition) is 4. The zero-order chi connectivity index (χ0) is 17.3. The van der Waals surface area contributed by atoms with Crippen LogP contribution in [0.4, 0.5) is 0 Å². The Morgan fingerprint density at radius 1 is 1.26 bits per heavy atom. The van der Waals surface area contributed by atoms with Crippen molar-refractivity contribution in [1.29, 1.82) is 0 Å². The van der Waals surface area contributed by atoms with Gasteiger partial charge in [0, 0.05) is 4.90 Å². The van der Waals surface area contributed by atoms with Gasteiger partial charge in [-0.25, -0.2) is 8.42 Å². The molecule has 7 heteroatoms. The molecule has 0 radical (unpaired) electrons. The third kappa shape index (κ3) is 5.40. The van der Waals surface area contributed by atoms with Gasteiger partial charge in [0.25, 0.3) is 0 Å². The van der Waals surface area contributed by atoms with Crippen LogP contribution < -0.4 is 5.32 Å². The monoisotopic (exact) mass is 375 g/mol. The minimum absolute atomic E-state index is 0.0685. The van der Waals surface area contributed by atoms with E-state index in [-0.39, 0.29) is 28.6 Å². The van der Waals surface area contributed by atoms with Crippen LogP contribution in [0.1, 0.15) is 26.3 Å². The number of nitrogens with one attached hydrogen (secondary N) is 1. The average molecular weight is 376 g/mol. The number of alkyl halides is 1. The lowest BCUT2D eigenvalue weighted by Crippen LogP contribution is -2.41. The molecule has 0 bridgehead atoms. The molecule has 23 heavy (non-hydrogen) atoms. The fraction of sp³-hybridized carbons (Fsp3) is 0.562.